The Labute approximate surface area is 79.1 Å². The predicted octanol–water partition coefficient (Wildman–Crippen LogP) is 1.08. The van der Waals surface area contributed by atoms with Gasteiger partial charge in [0.1, 0.15) is 5.78 Å². The van der Waals surface area contributed by atoms with Crippen molar-refractivity contribution in [3.8, 4) is 0 Å². The van der Waals surface area contributed by atoms with Gasteiger partial charge >= 0.3 is 0 Å². The molecular formula is C10H17NO2. The van der Waals surface area contributed by atoms with E-state index in [1.54, 1.807) is 19.0 Å². The molecule has 2 atom stereocenters. The van der Waals surface area contributed by atoms with Crippen LogP contribution in [-0.2, 0) is 9.59 Å². The average molecular weight is 183 g/mol. The van der Waals surface area contributed by atoms with Crippen LogP contribution in [0, 0.1) is 11.8 Å². The number of hydrogen-bond donors (Lipinski definition) is 0. The van der Waals surface area contributed by atoms with Crippen molar-refractivity contribution in [2.45, 2.75) is 26.2 Å². The van der Waals surface area contributed by atoms with Gasteiger partial charge in [-0.2, -0.15) is 0 Å². The lowest BCUT2D eigenvalue weighted by Gasteiger charge is -2.16. The molecule has 0 N–H and O–H groups in total. The Balaban J connectivity index is 2.47. The second-order valence-corrected chi connectivity index (χ2v) is 4.05. The van der Waals surface area contributed by atoms with Crippen molar-refractivity contribution in [1.29, 1.82) is 0 Å². The molecule has 0 aromatic rings. The highest BCUT2D eigenvalue weighted by Crippen LogP contribution is 2.31. The van der Waals surface area contributed by atoms with E-state index in [1.165, 1.54) is 0 Å². The molecule has 13 heavy (non-hydrogen) atoms. The van der Waals surface area contributed by atoms with Crippen LogP contribution in [0.25, 0.3) is 0 Å². The minimum Gasteiger partial charge on any atom is -0.349 e. The van der Waals surface area contributed by atoms with Crippen molar-refractivity contribution in [3.05, 3.63) is 0 Å². The molecule has 0 bridgehead atoms. The van der Waals surface area contributed by atoms with Crippen LogP contribution in [0.2, 0.25) is 0 Å². The smallest absolute Gasteiger partial charge is 0.222 e. The second kappa shape index (κ2) is 3.90. The van der Waals surface area contributed by atoms with E-state index in [-0.39, 0.29) is 17.7 Å². The van der Waals surface area contributed by atoms with Gasteiger partial charge in [0.05, 0.1) is 0 Å². The summed E-state index contributed by atoms with van der Waals surface area (Å²) in [6.45, 7) is 1.93. The fourth-order valence-electron chi connectivity index (χ4n) is 1.75. The maximum absolute atomic E-state index is 11.4. The van der Waals surface area contributed by atoms with Gasteiger partial charge in [0.15, 0.2) is 0 Å². The molecule has 3 nitrogen and oxygen atoms in total. The van der Waals surface area contributed by atoms with Gasteiger partial charge in [-0.3, -0.25) is 9.59 Å². The maximum atomic E-state index is 11.4. The van der Waals surface area contributed by atoms with Gasteiger partial charge in [-0.05, 0) is 12.3 Å². The molecule has 1 amide bonds. The zero-order valence-electron chi connectivity index (χ0n) is 8.54. The van der Waals surface area contributed by atoms with Crippen LogP contribution in [0.15, 0.2) is 0 Å². The highest BCUT2D eigenvalue weighted by molar-refractivity contribution is 5.84. The molecule has 1 aliphatic carbocycles. The minimum atomic E-state index is 0.0869. The van der Waals surface area contributed by atoms with E-state index in [4.69, 9.17) is 0 Å². The fraction of sp³-hybridized carbons (Fsp3) is 0.800. The number of carbonyl (C=O) groups is 2. The van der Waals surface area contributed by atoms with Crippen LogP contribution in [0.4, 0.5) is 0 Å². The Hall–Kier alpha value is -0.860. The molecular weight excluding hydrogens is 166 g/mol. The second-order valence-electron chi connectivity index (χ2n) is 4.05. The van der Waals surface area contributed by atoms with Crippen LogP contribution in [-0.4, -0.2) is 30.7 Å². The van der Waals surface area contributed by atoms with Crippen molar-refractivity contribution in [3.63, 3.8) is 0 Å². The van der Waals surface area contributed by atoms with Crippen LogP contribution in [0.1, 0.15) is 26.2 Å². The summed E-state index contributed by atoms with van der Waals surface area (Å²) in [6, 6.07) is 0. The van der Waals surface area contributed by atoms with Gasteiger partial charge in [0.2, 0.25) is 5.91 Å². The molecule has 3 heteroatoms. The topological polar surface area (TPSA) is 37.4 Å². The third-order valence-electron chi connectivity index (χ3n) is 2.91. The summed E-state index contributed by atoms with van der Waals surface area (Å²) in [4.78, 5) is 24.2. The van der Waals surface area contributed by atoms with E-state index in [2.05, 4.69) is 0 Å². The Bertz CT molecular complexity index is 223. The fourth-order valence-corrected chi connectivity index (χ4v) is 1.75. The molecule has 1 rings (SSSR count). The third kappa shape index (κ3) is 2.29. The molecule has 0 heterocycles. The maximum Gasteiger partial charge on any atom is 0.222 e. The summed E-state index contributed by atoms with van der Waals surface area (Å²) < 4.78 is 0. The monoisotopic (exact) mass is 183 g/mol. The molecule has 0 spiro atoms. The Morgan fingerprint density at radius 1 is 1.54 bits per heavy atom. The molecule has 1 saturated carbocycles. The highest BCUT2D eigenvalue weighted by atomic mass is 16.2. The van der Waals surface area contributed by atoms with Gasteiger partial charge in [-0.1, -0.05) is 6.92 Å². The Kier molecular flexibility index (Phi) is 3.07. The molecule has 0 aromatic carbocycles. The number of hydrogen-bond acceptors (Lipinski definition) is 2. The summed E-state index contributed by atoms with van der Waals surface area (Å²) in [7, 11) is 3.51. The minimum absolute atomic E-state index is 0.0869. The standard InChI is InChI=1S/C10H17NO2/c1-7-8(4-5-9(7)12)6-10(13)11(2)3/h7-8H,4-6H2,1-3H3. The SMILES string of the molecule is CC1C(=O)CCC1CC(=O)N(C)C. The van der Waals surface area contributed by atoms with Crippen molar-refractivity contribution >= 4 is 11.7 Å². The molecule has 0 radical (unpaired) electrons. The highest BCUT2D eigenvalue weighted by Gasteiger charge is 2.32. The number of amides is 1. The van der Waals surface area contributed by atoms with Crippen LogP contribution in [0.3, 0.4) is 0 Å². The van der Waals surface area contributed by atoms with Gasteiger partial charge < -0.3 is 4.90 Å². The summed E-state index contributed by atoms with van der Waals surface area (Å²) in [6.07, 6.45) is 2.08. The molecule has 74 valence electrons. The first-order chi connectivity index (χ1) is 6.02. The van der Waals surface area contributed by atoms with E-state index in [0.717, 1.165) is 6.42 Å². The summed E-state index contributed by atoms with van der Waals surface area (Å²) in [5, 5.41) is 0. The van der Waals surface area contributed by atoms with Gasteiger partial charge in [-0.25, -0.2) is 0 Å². The number of rotatable bonds is 2. The largest absolute Gasteiger partial charge is 0.349 e. The zero-order chi connectivity index (χ0) is 10.0. The normalized spacial score (nSPS) is 27.8. The number of Topliss-reactive ketones (excluding diaryl/α,β-unsaturated/α-hetero) is 1. The van der Waals surface area contributed by atoms with Crippen molar-refractivity contribution in [2.24, 2.45) is 11.8 Å². The van der Waals surface area contributed by atoms with Crippen LogP contribution >= 0.6 is 0 Å². The summed E-state index contributed by atoms with van der Waals surface area (Å²) in [5.74, 6) is 0.814. The first-order valence-electron chi connectivity index (χ1n) is 4.75. The molecule has 1 aliphatic rings. The number of carbonyl (C=O) groups excluding carboxylic acids is 2. The first-order valence-corrected chi connectivity index (χ1v) is 4.75. The van der Waals surface area contributed by atoms with Crippen molar-refractivity contribution < 1.29 is 9.59 Å². The lowest BCUT2D eigenvalue weighted by molar-refractivity contribution is -0.130. The van der Waals surface area contributed by atoms with Crippen LogP contribution in [0.5, 0.6) is 0 Å². The number of nitrogens with zero attached hydrogens (tertiary/aromatic N) is 1. The van der Waals surface area contributed by atoms with Gasteiger partial charge in [0, 0.05) is 32.9 Å². The Morgan fingerprint density at radius 3 is 2.54 bits per heavy atom. The molecule has 1 fully saturated rings. The van der Waals surface area contributed by atoms with E-state index < -0.39 is 0 Å². The van der Waals surface area contributed by atoms with Crippen molar-refractivity contribution in [1.82, 2.24) is 4.90 Å². The molecule has 2 unspecified atom stereocenters. The van der Waals surface area contributed by atoms with E-state index in [1.807, 2.05) is 6.92 Å². The van der Waals surface area contributed by atoms with E-state index in [9.17, 15) is 9.59 Å². The summed E-state index contributed by atoms with van der Waals surface area (Å²) >= 11 is 0. The van der Waals surface area contributed by atoms with Crippen LogP contribution < -0.4 is 0 Å². The molecule has 0 aliphatic heterocycles. The van der Waals surface area contributed by atoms with E-state index in [0.29, 0.717) is 18.6 Å². The summed E-state index contributed by atoms with van der Waals surface area (Å²) in [5.41, 5.74) is 0. The number of ketones is 1. The predicted molar refractivity (Wildman–Crippen MR) is 50.2 cm³/mol. The quantitative estimate of drug-likeness (QED) is 0.642. The van der Waals surface area contributed by atoms with Crippen molar-refractivity contribution in [2.75, 3.05) is 14.1 Å². The lowest BCUT2D eigenvalue weighted by atomic mass is 9.94. The molecule has 0 aromatic heterocycles. The lowest BCUT2D eigenvalue weighted by Crippen LogP contribution is -2.25. The van der Waals surface area contributed by atoms with E-state index >= 15 is 0 Å². The van der Waals surface area contributed by atoms with Gasteiger partial charge in [-0.15, -0.1) is 0 Å². The van der Waals surface area contributed by atoms with Gasteiger partial charge in [0.25, 0.3) is 0 Å². The molecule has 0 saturated heterocycles. The average Bonchev–Trinajstić information content (AvgIpc) is 2.36. The Morgan fingerprint density at radius 2 is 2.15 bits per heavy atom. The third-order valence-corrected chi connectivity index (χ3v) is 2.91. The first kappa shape index (κ1) is 10.2. The zero-order valence-corrected chi connectivity index (χ0v) is 8.54.